The van der Waals surface area contributed by atoms with Crippen LogP contribution in [0.4, 0.5) is 0 Å². The molecule has 0 aliphatic heterocycles. The van der Waals surface area contributed by atoms with Gasteiger partial charge in [0.1, 0.15) is 5.69 Å². The lowest BCUT2D eigenvalue weighted by atomic mass is 10.1. The zero-order valence-electron chi connectivity index (χ0n) is 11.8. The molecular formula is C14H18N4O2. The number of nitrogens with one attached hydrogen (secondary N) is 2. The first-order valence-electron chi connectivity index (χ1n) is 6.51. The Labute approximate surface area is 116 Å². The molecule has 2 heterocycles. The molecule has 0 aliphatic carbocycles. The molecule has 0 aromatic carbocycles. The summed E-state index contributed by atoms with van der Waals surface area (Å²) in [5, 5.41) is 7.01. The Morgan fingerprint density at radius 2 is 2.25 bits per heavy atom. The molecule has 6 nitrogen and oxygen atoms in total. The number of aryl methyl sites for hydroxylation is 2. The summed E-state index contributed by atoms with van der Waals surface area (Å²) in [6.45, 7) is 3.73. The summed E-state index contributed by atoms with van der Waals surface area (Å²) in [6, 6.07) is 4.49. The minimum atomic E-state index is -0.293. The molecule has 1 amide bonds. The van der Waals surface area contributed by atoms with E-state index in [-0.39, 0.29) is 23.1 Å². The van der Waals surface area contributed by atoms with Gasteiger partial charge in [0.25, 0.3) is 5.91 Å². The maximum Gasteiger partial charge on any atom is 0.268 e. The van der Waals surface area contributed by atoms with Gasteiger partial charge in [0.05, 0.1) is 11.7 Å². The SMILES string of the molecule is CC[C@H](NC(=O)c1cc(=O)cc(C)[nH]1)c1ccnn1C. The highest BCUT2D eigenvalue weighted by Crippen LogP contribution is 2.15. The Bertz CT molecular complexity index is 672. The van der Waals surface area contributed by atoms with Gasteiger partial charge in [-0.2, -0.15) is 5.10 Å². The van der Waals surface area contributed by atoms with E-state index in [0.29, 0.717) is 5.69 Å². The molecule has 0 spiro atoms. The van der Waals surface area contributed by atoms with Gasteiger partial charge in [-0.3, -0.25) is 14.3 Å². The number of aromatic amines is 1. The first-order valence-corrected chi connectivity index (χ1v) is 6.51. The molecule has 2 aromatic rings. The van der Waals surface area contributed by atoms with Crippen molar-refractivity contribution in [3.05, 3.63) is 51.7 Å². The van der Waals surface area contributed by atoms with Crippen LogP contribution in [0.1, 0.15) is 41.3 Å². The molecule has 2 aromatic heterocycles. The number of H-pyrrole nitrogens is 1. The van der Waals surface area contributed by atoms with Crippen LogP contribution in [-0.4, -0.2) is 20.7 Å². The van der Waals surface area contributed by atoms with Crippen molar-refractivity contribution in [1.82, 2.24) is 20.1 Å². The molecule has 20 heavy (non-hydrogen) atoms. The van der Waals surface area contributed by atoms with Crippen LogP contribution in [0.2, 0.25) is 0 Å². The lowest BCUT2D eigenvalue weighted by Gasteiger charge is -2.17. The Morgan fingerprint density at radius 3 is 2.80 bits per heavy atom. The summed E-state index contributed by atoms with van der Waals surface area (Å²) in [5.74, 6) is -0.293. The highest BCUT2D eigenvalue weighted by Gasteiger charge is 2.17. The number of rotatable bonds is 4. The van der Waals surface area contributed by atoms with Gasteiger partial charge in [0, 0.05) is 31.1 Å². The standard InChI is InChI=1S/C14H18N4O2/c1-4-11(13-5-6-15-18(13)3)17-14(20)12-8-10(19)7-9(2)16-12/h5-8,11H,4H2,1-3H3,(H,16,19)(H,17,20)/t11-/m0/s1. The van der Waals surface area contributed by atoms with Crippen LogP contribution in [-0.2, 0) is 7.05 Å². The van der Waals surface area contributed by atoms with Gasteiger partial charge in [-0.05, 0) is 19.4 Å². The number of aromatic nitrogens is 3. The number of hydrogen-bond acceptors (Lipinski definition) is 3. The topological polar surface area (TPSA) is 79.8 Å². The second-order valence-corrected chi connectivity index (χ2v) is 4.73. The van der Waals surface area contributed by atoms with E-state index in [0.717, 1.165) is 12.1 Å². The zero-order chi connectivity index (χ0) is 14.7. The van der Waals surface area contributed by atoms with Crippen LogP contribution in [0, 0.1) is 6.92 Å². The predicted octanol–water partition coefficient (Wildman–Crippen LogP) is 1.30. The average Bonchev–Trinajstić information content (AvgIpc) is 2.80. The second-order valence-electron chi connectivity index (χ2n) is 4.73. The maximum atomic E-state index is 12.2. The van der Waals surface area contributed by atoms with Gasteiger partial charge in [0.15, 0.2) is 5.43 Å². The number of pyridine rings is 1. The van der Waals surface area contributed by atoms with E-state index in [1.165, 1.54) is 12.1 Å². The number of carbonyl (C=O) groups is 1. The van der Waals surface area contributed by atoms with Gasteiger partial charge in [-0.15, -0.1) is 0 Å². The lowest BCUT2D eigenvalue weighted by Crippen LogP contribution is -2.31. The van der Waals surface area contributed by atoms with E-state index in [1.54, 1.807) is 17.8 Å². The highest BCUT2D eigenvalue weighted by molar-refractivity contribution is 5.92. The van der Waals surface area contributed by atoms with Gasteiger partial charge < -0.3 is 10.3 Å². The smallest absolute Gasteiger partial charge is 0.268 e. The van der Waals surface area contributed by atoms with Gasteiger partial charge in [-0.1, -0.05) is 6.92 Å². The first-order chi connectivity index (χ1) is 9.51. The van der Waals surface area contributed by atoms with E-state index in [9.17, 15) is 9.59 Å². The summed E-state index contributed by atoms with van der Waals surface area (Å²) in [6.07, 6.45) is 2.43. The molecule has 0 fully saturated rings. The lowest BCUT2D eigenvalue weighted by molar-refractivity contribution is 0.0928. The molecule has 106 valence electrons. The largest absolute Gasteiger partial charge is 0.354 e. The Hall–Kier alpha value is -2.37. The van der Waals surface area contributed by atoms with Crippen LogP contribution in [0.5, 0.6) is 0 Å². The van der Waals surface area contributed by atoms with Crippen LogP contribution in [0.3, 0.4) is 0 Å². The average molecular weight is 274 g/mol. The molecule has 6 heteroatoms. The van der Waals surface area contributed by atoms with E-state index in [2.05, 4.69) is 15.4 Å². The summed E-state index contributed by atoms with van der Waals surface area (Å²) in [4.78, 5) is 26.6. The minimum Gasteiger partial charge on any atom is -0.354 e. The summed E-state index contributed by atoms with van der Waals surface area (Å²) in [7, 11) is 1.83. The Kier molecular flexibility index (Phi) is 4.02. The van der Waals surface area contributed by atoms with Crippen molar-refractivity contribution in [2.75, 3.05) is 0 Å². The van der Waals surface area contributed by atoms with Crippen LogP contribution < -0.4 is 10.7 Å². The summed E-state index contributed by atoms with van der Waals surface area (Å²) >= 11 is 0. The second kappa shape index (κ2) is 5.73. The van der Waals surface area contributed by atoms with Crippen molar-refractivity contribution < 1.29 is 4.79 Å². The van der Waals surface area contributed by atoms with E-state index < -0.39 is 0 Å². The highest BCUT2D eigenvalue weighted by atomic mass is 16.2. The molecule has 1 atom stereocenters. The van der Waals surface area contributed by atoms with Gasteiger partial charge in [-0.25, -0.2) is 0 Å². The minimum absolute atomic E-state index is 0.140. The maximum absolute atomic E-state index is 12.2. The number of hydrogen-bond donors (Lipinski definition) is 2. The quantitative estimate of drug-likeness (QED) is 0.882. The van der Waals surface area contributed by atoms with E-state index in [1.807, 2.05) is 20.0 Å². The monoisotopic (exact) mass is 274 g/mol. The van der Waals surface area contributed by atoms with E-state index in [4.69, 9.17) is 0 Å². The third-order valence-electron chi connectivity index (χ3n) is 3.15. The molecule has 0 unspecified atom stereocenters. The molecule has 2 rings (SSSR count). The fourth-order valence-corrected chi connectivity index (χ4v) is 2.15. The van der Waals surface area contributed by atoms with Gasteiger partial charge in [0.2, 0.25) is 0 Å². The van der Waals surface area contributed by atoms with Crippen molar-refractivity contribution >= 4 is 5.91 Å². The van der Waals surface area contributed by atoms with Crippen LogP contribution in [0.15, 0.2) is 29.2 Å². The fourth-order valence-electron chi connectivity index (χ4n) is 2.15. The fraction of sp³-hybridized carbons (Fsp3) is 0.357. The van der Waals surface area contributed by atoms with Crippen molar-refractivity contribution in [3.8, 4) is 0 Å². The molecule has 0 aliphatic rings. The van der Waals surface area contributed by atoms with Gasteiger partial charge >= 0.3 is 0 Å². The third kappa shape index (κ3) is 2.96. The van der Waals surface area contributed by atoms with E-state index >= 15 is 0 Å². The number of carbonyl (C=O) groups excluding carboxylic acids is 1. The predicted molar refractivity (Wildman–Crippen MR) is 75.5 cm³/mol. The molecule has 0 saturated carbocycles. The number of nitrogens with zero attached hydrogens (tertiary/aromatic N) is 2. The Balaban J connectivity index is 2.21. The first kappa shape index (κ1) is 14.0. The molecule has 2 N–H and O–H groups in total. The van der Waals surface area contributed by atoms with Crippen molar-refractivity contribution in [3.63, 3.8) is 0 Å². The van der Waals surface area contributed by atoms with Crippen LogP contribution in [0.25, 0.3) is 0 Å². The summed E-state index contributed by atoms with van der Waals surface area (Å²) < 4.78 is 1.73. The molecular weight excluding hydrogens is 256 g/mol. The molecule has 0 radical (unpaired) electrons. The zero-order valence-corrected chi connectivity index (χ0v) is 11.8. The molecule has 0 saturated heterocycles. The number of amides is 1. The summed E-state index contributed by atoms with van der Waals surface area (Å²) in [5.41, 5.74) is 1.68. The van der Waals surface area contributed by atoms with Crippen LogP contribution >= 0.6 is 0 Å². The normalized spacial score (nSPS) is 12.2. The van der Waals surface area contributed by atoms with Crippen molar-refractivity contribution in [1.29, 1.82) is 0 Å². The molecule has 0 bridgehead atoms. The third-order valence-corrected chi connectivity index (χ3v) is 3.15. The van der Waals surface area contributed by atoms with Crippen molar-refractivity contribution in [2.45, 2.75) is 26.3 Å². The Morgan fingerprint density at radius 1 is 1.50 bits per heavy atom. The van der Waals surface area contributed by atoms with Crippen molar-refractivity contribution in [2.24, 2.45) is 7.05 Å².